The van der Waals surface area contributed by atoms with Crippen LogP contribution in [0, 0.1) is 0 Å². The van der Waals surface area contributed by atoms with Crippen molar-refractivity contribution in [3.8, 4) is 0 Å². The van der Waals surface area contributed by atoms with E-state index in [-0.39, 0.29) is 5.91 Å². The highest BCUT2D eigenvalue weighted by Crippen LogP contribution is 2.25. The van der Waals surface area contributed by atoms with Crippen LogP contribution in [0.25, 0.3) is 0 Å². The molecule has 0 aliphatic carbocycles. The van der Waals surface area contributed by atoms with E-state index in [1.807, 2.05) is 23.0 Å². The van der Waals surface area contributed by atoms with Gasteiger partial charge in [0, 0.05) is 29.9 Å². The molecule has 9 nitrogen and oxygen atoms in total. The number of rotatable bonds is 11. The lowest BCUT2D eigenvalue weighted by atomic mass is 10.1. The molecule has 0 bridgehead atoms. The van der Waals surface area contributed by atoms with Crippen LogP contribution in [0.15, 0.2) is 42.9 Å². The first-order valence-corrected chi connectivity index (χ1v) is 10.6. The first kappa shape index (κ1) is 22.8. The molecule has 164 valence electrons. The molecule has 2 aromatic heterocycles. The summed E-state index contributed by atoms with van der Waals surface area (Å²) in [4.78, 5) is 19.6. The van der Waals surface area contributed by atoms with Crippen molar-refractivity contribution in [3.63, 3.8) is 0 Å². The zero-order valence-corrected chi connectivity index (χ0v) is 18.2. The summed E-state index contributed by atoms with van der Waals surface area (Å²) in [5.74, 6) is 0.519. The average Bonchev–Trinajstić information content (AvgIpc) is 3.21. The number of anilines is 4. The van der Waals surface area contributed by atoms with Gasteiger partial charge in [-0.05, 0) is 37.1 Å². The predicted octanol–water partition coefficient (Wildman–Crippen LogP) is 4.92. The third-order valence-corrected chi connectivity index (χ3v) is 4.93. The van der Waals surface area contributed by atoms with Gasteiger partial charge in [0.05, 0.1) is 18.1 Å². The highest BCUT2D eigenvalue weighted by molar-refractivity contribution is 6.33. The van der Waals surface area contributed by atoms with Gasteiger partial charge in [-0.15, -0.1) is 0 Å². The zero-order chi connectivity index (χ0) is 22.1. The van der Waals surface area contributed by atoms with Gasteiger partial charge in [-0.2, -0.15) is 10.1 Å². The molecule has 11 heteroatoms. The monoisotopic (exact) mass is 463 g/mol. The maximum Gasteiger partial charge on any atom is 0.243 e. The van der Waals surface area contributed by atoms with E-state index in [0.29, 0.717) is 28.2 Å². The van der Waals surface area contributed by atoms with E-state index in [9.17, 15) is 4.79 Å². The van der Waals surface area contributed by atoms with E-state index >= 15 is 0 Å². The fourth-order valence-electron chi connectivity index (χ4n) is 2.83. The lowest BCUT2D eigenvalue weighted by molar-refractivity contribution is -0.129. The number of hydroxylamine groups is 1. The molecule has 3 aromatic rings. The minimum atomic E-state index is -0.348. The molecule has 2 heterocycles. The number of carbonyl (C=O) groups excluding carboxylic acids is 1. The molecule has 0 saturated carbocycles. The molecule has 1 amide bonds. The summed E-state index contributed by atoms with van der Waals surface area (Å²) < 4.78 is 1.84. The number of carbonyl (C=O) groups is 1. The van der Waals surface area contributed by atoms with E-state index in [4.69, 9.17) is 28.4 Å². The number of halogens is 2. The number of benzene rings is 1. The molecule has 31 heavy (non-hydrogen) atoms. The Bertz CT molecular complexity index is 995. The molecule has 4 N–H and O–H groups in total. The van der Waals surface area contributed by atoms with Crippen LogP contribution in [-0.2, 0) is 11.3 Å². The van der Waals surface area contributed by atoms with Crippen LogP contribution >= 0.6 is 23.2 Å². The van der Waals surface area contributed by atoms with Gasteiger partial charge in [0.1, 0.15) is 5.02 Å². The average molecular weight is 464 g/mol. The molecule has 0 aliphatic heterocycles. The van der Waals surface area contributed by atoms with Gasteiger partial charge in [-0.1, -0.05) is 36.0 Å². The van der Waals surface area contributed by atoms with Crippen molar-refractivity contribution >= 4 is 52.3 Å². The second-order valence-electron chi connectivity index (χ2n) is 6.84. The van der Waals surface area contributed by atoms with Crippen molar-refractivity contribution in [1.82, 2.24) is 25.2 Å². The van der Waals surface area contributed by atoms with E-state index < -0.39 is 0 Å². The first-order chi connectivity index (χ1) is 15.0. The predicted molar refractivity (Wildman–Crippen MR) is 120 cm³/mol. The molecule has 3 rings (SSSR count). The highest BCUT2D eigenvalue weighted by Gasteiger charge is 2.08. The van der Waals surface area contributed by atoms with E-state index in [0.717, 1.165) is 43.6 Å². The summed E-state index contributed by atoms with van der Waals surface area (Å²) in [7, 11) is 0. The Morgan fingerprint density at radius 1 is 1.00 bits per heavy atom. The lowest BCUT2D eigenvalue weighted by Crippen LogP contribution is -2.17. The SMILES string of the molecule is O=C(CCCCCCn1cc(Nc2ncc(Cl)c(Nc3ccc(Cl)cc3)n2)cn1)NO. The Hall–Kier alpha value is -2.88. The number of hydrogen-bond acceptors (Lipinski definition) is 7. The molecule has 0 atom stereocenters. The highest BCUT2D eigenvalue weighted by atomic mass is 35.5. The molecule has 0 fully saturated rings. The number of nitrogens with one attached hydrogen (secondary N) is 3. The lowest BCUT2D eigenvalue weighted by Gasteiger charge is -2.09. The number of aryl methyl sites for hydroxylation is 1. The summed E-state index contributed by atoms with van der Waals surface area (Å²) in [6.07, 6.45) is 9.02. The molecule has 0 aliphatic rings. The molecule has 1 aromatic carbocycles. The van der Waals surface area contributed by atoms with Crippen LogP contribution in [0.1, 0.15) is 32.1 Å². The Balaban J connectivity index is 1.49. The molecular weight excluding hydrogens is 441 g/mol. The molecular formula is C20H23Cl2N7O2. The third-order valence-electron chi connectivity index (χ3n) is 4.41. The molecule has 0 saturated heterocycles. The van der Waals surface area contributed by atoms with Gasteiger partial charge < -0.3 is 10.6 Å². The Morgan fingerprint density at radius 2 is 1.77 bits per heavy atom. The second-order valence-corrected chi connectivity index (χ2v) is 7.68. The fraction of sp³-hybridized carbons (Fsp3) is 0.300. The van der Waals surface area contributed by atoms with Crippen LogP contribution in [-0.4, -0.2) is 30.9 Å². The number of nitrogens with zero attached hydrogens (tertiary/aromatic N) is 4. The fourth-order valence-corrected chi connectivity index (χ4v) is 3.10. The maximum atomic E-state index is 11.0. The van der Waals surface area contributed by atoms with Crippen molar-refractivity contribution in [2.24, 2.45) is 0 Å². The van der Waals surface area contributed by atoms with Crippen molar-refractivity contribution in [2.45, 2.75) is 38.6 Å². The summed E-state index contributed by atoms with van der Waals surface area (Å²) >= 11 is 12.1. The van der Waals surface area contributed by atoms with Gasteiger partial charge in [-0.3, -0.25) is 14.7 Å². The number of amides is 1. The number of unbranched alkanes of at least 4 members (excludes halogenated alkanes) is 3. The van der Waals surface area contributed by atoms with Gasteiger partial charge in [-0.25, -0.2) is 10.5 Å². The summed E-state index contributed by atoms with van der Waals surface area (Å²) in [5, 5.41) is 20.1. The maximum absolute atomic E-state index is 11.0. The number of aromatic nitrogens is 4. The van der Waals surface area contributed by atoms with Crippen LogP contribution < -0.4 is 16.1 Å². The Morgan fingerprint density at radius 3 is 2.55 bits per heavy atom. The largest absolute Gasteiger partial charge is 0.339 e. The van der Waals surface area contributed by atoms with Gasteiger partial charge in [0.15, 0.2) is 5.82 Å². The van der Waals surface area contributed by atoms with Gasteiger partial charge in [0.2, 0.25) is 11.9 Å². The minimum absolute atomic E-state index is 0.336. The van der Waals surface area contributed by atoms with E-state index in [2.05, 4.69) is 25.7 Å². The van der Waals surface area contributed by atoms with Gasteiger partial charge in [0.25, 0.3) is 0 Å². The number of hydrogen-bond donors (Lipinski definition) is 4. The van der Waals surface area contributed by atoms with Gasteiger partial charge >= 0.3 is 0 Å². The molecule has 0 radical (unpaired) electrons. The Labute approximate surface area is 189 Å². The Kier molecular flexibility index (Phi) is 8.45. The summed E-state index contributed by atoms with van der Waals surface area (Å²) in [6, 6.07) is 7.22. The molecule has 0 spiro atoms. The normalized spacial score (nSPS) is 10.7. The standard InChI is InChI=1S/C20H23Cl2N7O2/c21-14-6-8-15(9-7-14)25-19-17(22)12-23-20(27-19)26-16-11-24-29(13-16)10-4-2-1-3-5-18(30)28-31/h6-9,11-13,31H,1-5,10H2,(H,28,30)(H2,23,25,26,27). The van der Waals surface area contributed by atoms with Crippen LogP contribution in [0.3, 0.4) is 0 Å². The van der Waals surface area contributed by atoms with Crippen LogP contribution in [0.5, 0.6) is 0 Å². The summed E-state index contributed by atoms with van der Waals surface area (Å²) in [6.45, 7) is 0.763. The quantitative estimate of drug-likeness (QED) is 0.181. The summed E-state index contributed by atoms with van der Waals surface area (Å²) in [5.41, 5.74) is 3.21. The van der Waals surface area contributed by atoms with Crippen molar-refractivity contribution in [1.29, 1.82) is 0 Å². The topological polar surface area (TPSA) is 117 Å². The third kappa shape index (κ3) is 7.39. The van der Waals surface area contributed by atoms with Crippen LogP contribution in [0.4, 0.5) is 23.1 Å². The van der Waals surface area contributed by atoms with E-state index in [1.54, 1.807) is 23.8 Å². The smallest absolute Gasteiger partial charge is 0.243 e. The second kappa shape index (κ2) is 11.5. The minimum Gasteiger partial charge on any atom is -0.339 e. The molecule has 0 unspecified atom stereocenters. The first-order valence-electron chi connectivity index (χ1n) is 9.81. The zero-order valence-electron chi connectivity index (χ0n) is 16.7. The van der Waals surface area contributed by atoms with Crippen molar-refractivity contribution in [3.05, 3.63) is 52.9 Å². The van der Waals surface area contributed by atoms with E-state index in [1.165, 1.54) is 6.20 Å². The van der Waals surface area contributed by atoms with Crippen LogP contribution in [0.2, 0.25) is 10.0 Å². The van der Waals surface area contributed by atoms with Crippen molar-refractivity contribution < 1.29 is 10.0 Å². The van der Waals surface area contributed by atoms with Crippen molar-refractivity contribution in [2.75, 3.05) is 10.6 Å².